The number of aliphatic hydroxyl groups excluding tert-OH is 1. The molecule has 0 saturated carbocycles. The zero-order valence-corrected chi connectivity index (χ0v) is 20.3. The van der Waals surface area contributed by atoms with E-state index in [-0.39, 0.29) is 18.6 Å². The number of nitrogens with one attached hydrogen (secondary N) is 2. The average molecular weight is 486 g/mol. The number of aliphatic hydroxyl groups is 1. The van der Waals surface area contributed by atoms with E-state index in [9.17, 15) is 9.90 Å². The van der Waals surface area contributed by atoms with Crippen molar-refractivity contribution in [3.05, 3.63) is 77.9 Å². The Hall–Kier alpha value is -4.31. The second-order valence-electron chi connectivity index (χ2n) is 8.98. The first-order valence-electron chi connectivity index (χ1n) is 11.7. The molecule has 1 amide bonds. The Bertz CT molecular complexity index is 1370. The molecular formula is C26H27N7O3. The molecule has 1 atom stereocenters. The first-order chi connectivity index (χ1) is 17.4. The number of hydrogen-bond acceptors (Lipinski definition) is 9. The lowest BCUT2D eigenvalue weighted by Crippen LogP contribution is -2.39. The van der Waals surface area contributed by atoms with Crippen LogP contribution in [0.5, 0.6) is 0 Å². The van der Waals surface area contributed by atoms with Gasteiger partial charge in [0, 0.05) is 18.8 Å². The Morgan fingerprint density at radius 1 is 1.11 bits per heavy atom. The zero-order valence-electron chi connectivity index (χ0n) is 20.3. The van der Waals surface area contributed by atoms with Crippen molar-refractivity contribution in [2.75, 3.05) is 23.8 Å². The highest BCUT2D eigenvalue weighted by molar-refractivity contribution is 5.99. The summed E-state index contributed by atoms with van der Waals surface area (Å²) in [5.74, 6) is 1.38. The summed E-state index contributed by atoms with van der Waals surface area (Å²) in [4.78, 5) is 23.8. The van der Waals surface area contributed by atoms with Crippen molar-refractivity contribution in [3.63, 3.8) is 0 Å². The maximum absolute atomic E-state index is 12.8. The van der Waals surface area contributed by atoms with Gasteiger partial charge in [0.1, 0.15) is 11.6 Å². The normalized spacial score (nSPS) is 15.0. The molecule has 36 heavy (non-hydrogen) atoms. The molecule has 1 aromatic carbocycles. The standard InChI is InChI=1S/C26H27N7O3/c1-4-33-25(35)17-10-11-21(31-23(17)26(33,2)3)30-22-12-19(18(13-27-22)24-32-28-15-36-24)29-20(14-34)16-8-6-5-7-9-16/h5-13,15,20,34H,4,14H2,1-3H3,(H2,27,29,30,31)/t20-/m1/s1. The van der Waals surface area contributed by atoms with Crippen LogP contribution in [-0.4, -0.2) is 49.2 Å². The summed E-state index contributed by atoms with van der Waals surface area (Å²) in [6, 6.07) is 14.7. The van der Waals surface area contributed by atoms with Crippen LogP contribution in [0.25, 0.3) is 11.5 Å². The number of carbonyl (C=O) groups is 1. The molecule has 3 N–H and O–H groups in total. The zero-order chi connectivity index (χ0) is 25.3. The van der Waals surface area contributed by atoms with E-state index in [0.717, 1.165) is 11.3 Å². The minimum atomic E-state index is -0.509. The third kappa shape index (κ3) is 4.16. The van der Waals surface area contributed by atoms with Gasteiger partial charge in [-0.1, -0.05) is 30.3 Å². The fraction of sp³-hybridized carbons (Fsp3) is 0.269. The van der Waals surface area contributed by atoms with Gasteiger partial charge >= 0.3 is 0 Å². The first kappa shape index (κ1) is 23.4. The number of benzene rings is 1. The van der Waals surface area contributed by atoms with E-state index in [1.807, 2.05) is 56.0 Å². The molecule has 4 aromatic rings. The molecule has 10 nitrogen and oxygen atoms in total. The molecule has 3 aromatic heterocycles. The van der Waals surface area contributed by atoms with Crippen molar-refractivity contribution in [2.24, 2.45) is 0 Å². The second-order valence-corrected chi connectivity index (χ2v) is 8.98. The van der Waals surface area contributed by atoms with Gasteiger partial charge < -0.3 is 25.1 Å². The van der Waals surface area contributed by atoms with Crippen molar-refractivity contribution >= 4 is 23.2 Å². The summed E-state index contributed by atoms with van der Waals surface area (Å²) in [5, 5.41) is 24.5. The molecule has 0 saturated heterocycles. The number of carbonyl (C=O) groups excluding carboxylic acids is 1. The van der Waals surface area contributed by atoms with Crippen LogP contribution in [0.3, 0.4) is 0 Å². The van der Waals surface area contributed by atoms with Crippen molar-refractivity contribution < 1.29 is 14.3 Å². The maximum Gasteiger partial charge on any atom is 0.256 e. The summed E-state index contributed by atoms with van der Waals surface area (Å²) in [5.41, 5.74) is 3.00. The first-order valence-corrected chi connectivity index (χ1v) is 11.7. The molecule has 0 unspecified atom stereocenters. The Labute approximate surface area is 208 Å². The van der Waals surface area contributed by atoms with Crippen LogP contribution in [0.2, 0.25) is 0 Å². The van der Waals surface area contributed by atoms with Crippen LogP contribution in [0, 0.1) is 0 Å². The van der Waals surface area contributed by atoms with E-state index in [1.54, 1.807) is 24.4 Å². The predicted molar refractivity (Wildman–Crippen MR) is 135 cm³/mol. The number of amides is 1. The molecule has 5 rings (SSSR count). The van der Waals surface area contributed by atoms with E-state index in [4.69, 9.17) is 9.40 Å². The smallest absolute Gasteiger partial charge is 0.256 e. The number of fused-ring (bicyclic) bond motifs is 1. The highest BCUT2D eigenvalue weighted by Crippen LogP contribution is 2.38. The van der Waals surface area contributed by atoms with Crippen molar-refractivity contribution in [2.45, 2.75) is 32.4 Å². The van der Waals surface area contributed by atoms with Crippen molar-refractivity contribution in [1.82, 2.24) is 25.1 Å². The predicted octanol–water partition coefficient (Wildman–Crippen LogP) is 4.13. The lowest BCUT2D eigenvalue weighted by molar-refractivity contribution is 0.0631. The Morgan fingerprint density at radius 3 is 2.61 bits per heavy atom. The number of hydrogen-bond donors (Lipinski definition) is 3. The topological polar surface area (TPSA) is 129 Å². The summed E-state index contributed by atoms with van der Waals surface area (Å²) in [6.07, 6.45) is 2.88. The Kier molecular flexibility index (Phi) is 6.11. The molecule has 0 radical (unpaired) electrons. The van der Waals surface area contributed by atoms with Gasteiger partial charge in [-0.25, -0.2) is 9.97 Å². The van der Waals surface area contributed by atoms with Gasteiger partial charge in [0.05, 0.1) is 40.7 Å². The van der Waals surface area contributed by atoms with Gasteiger partial charge in [0.25, 0.3) is 11.8 Å². The number of rotatable bonds is 8. The van der Waals surface area contributed by atoms with Crippen LogP contribution >= 0.6 is 0 Å². The molecule has 0 fully saturated rings. The van der Waals surface area contributed by atoms with Crippen LogP contribution in [0.4, 0.5) is 17.3 Å². The SMILES string of the molecule is CCN1C(=O)c2ccc(Nc3cc(N[C@H](CO)c4ccccc4)c(-c4nnco4)cn3)nc2C1(C)C. The van der Waals surface area contributed by atoms with Gasteiger partial charge in [0.15, 0.2) is 0 Å². The fourth-order valence-corrected chi connectivity index (χ4v) is 4.58. The largest absolute Gasteiger partial charge is 0.423 e. The van der Waals surface area contributed by atoms with Gasteiger partial charge in [-0.2, -0.15) is 0 Å². The molecule has 4 heterocycles. The molecule has 10 heteroatoms. The van der Waals surface area contributed by atoms with E-state index >= 15 is 0 Å². The van der Waals surface area contributed by atoms with E-state index in [0.29, 0.717) is 40.9 Å². The van der Waals surface area contributed by atoms with E-state index in [1.165, 1.54) is 6.39 Å². The molecule has 0 spiro atoms. The van der Waals surface area contributed by atoms with Crippen molar-refractivity contribution in [3.8, 4) is 11.5 Å². The minimum absolute atomic E-state index is 0.0129. The third-order valence-corrected chi connectivity index (χ3v) is 6.41. The molecule has 184 valence electrons. The fourth-order valence-electron chi connectivity index (χ4n) is 4.58. The molecule has 1 aliphatic heterocycles. The Morgan fingerprint density at radius 2 is 1.92 bits per heavy atom. The third-order valence-electron chi connectivity index (χ3n) is 6.41. The van der Waals surface area contributed by atoms with Gasteiger partial charge in [-0.15, -0.1) is 10.2 Å². The molecule has 0 bridgehead atoms. The van der Waals surface area contributed by atoms with Crippen molar-refractivity contribution in [1.29, 1.82) is 0 Å². The second kappa shape index (κ2) is 9.38. The van der Waals surface area contributed by atoms with E-state index in [2.05, 4.69) is 25.8 Å². The number of nitrogens with zero attached hydrogens (tertiary/aromatic N) is 5. The maximum atomic E-state index is 12.8. The van der Waals surface area contributed by atoms with Gasteiger partial charge in [-0.3, -0.25) is 4.79 Å². The van der Waals surface area contributed by atoms with E-state index < -0.39 is 5.54 Å². The number of anilines is 3. The van der Waals surface area contributed by atoms with Gasteiger partial charge in [0.2, 0.25) is 6.39 Å². The van der Waals surface area contributed by atoms with Gasteiger partial charge in [-0.05, 0) is 38.5 Å². The lowest BCUT2D eigenvalue weighted by Gasteiger charge is -2.30. The summed E-state index contributed by atoms with van der Waals surface area (Å²) >= 11 is 0. The lowest BCUT2D eigenvalue weighted by atomic mass is 9.99. The van der Waals surface area contributed by atoms with Crippen LogP contribution in [0.15, 0.2) is 65.5 Å². The molecule has 0 aliphatic carbocycles. The Balaban J connectivity index is 1.48. The number of pyridine rings is 2. The average Bonchev–Trinajstić information content (AvgIpc) is 3.48. The highest BCUT2D eigenvalue weighted by Gasteiger charge is 2.43. The van der Waals surface area contributed by atoms with Crippen LogP contribution < -0.4 is 10.6 Å². The van der Waals surface area contributed by atoms with Crippen LogP contribution in [-0.2, 0) is 5.54 Å². The number of aromatic nitrogens is 4. The molecule has 1 aliphatic rings. The summed E-state index contributed by atoms with van der Waals surface area (Å²) < 4.78 is 5.41. The van der Waals surface area contributed by atoms with Crippen LogP contribution in [0.1, 0.15) is 48.4 Å². The quantitative estimate of drug-likeness (QED) is 0.337. The minimum Gasteiger partial charge on any atom is -0.423 e. The summed E-state index contributed by atoms with van der Waals surface area (Å²) in [6.45, 7) is 6.43. The molecular weight excluding hydrogens is 458 g/mol. The monoisotopic (exact) mass is 485 g/mol. The highest BCUT2D eigenvalue weighted by atomic mass is 16.4. The summed E-state index contributed by atoms with van der Waals surface area (Å²) in [7, 11) is 0.